The summed E-state index contributed by atoms with van der Waals surface area (Å²) < 4.78 is 18.5. The lowest BCUT2D eigenvalue weighted by Gasteiger charge is -2.40. The van der Waals surface area contributed by atoms with Gasteiger partial charge in [0.25, 0.3) is 0 Å². The molecule has 0 radical (unpaired) electrons. The number of nitrogens with zero attached hydrogens (tertiary/aromatic N) is 4. The first-order valence-electron chi connectivity index (χ1n) is 9.45. The van der Waals surface area contributed by atoms with Gasteiger partial charge >= 0.3 is 6.03 Å². The highest BCUT2D eigenvalue weighted by atomic mass is 19.1. The first kappa shape index (κ1) is 18.9. The predicted octanol–water partition coefficient (Wildman–Crippen LogP) is 1.58. The molecule has 3 rings (SSSR count). The van der Waals surface area contributed by atoms with Gasteiger partial charge in [-0.05, 0) is 37.7 Å². The monoisotopic (exact) mass is 364 g/mol. The molecule has 26 heavy (non-hydrogen) atoms. The fourth-order valence-corrected chi connectivity index (χ4v) is 3.37. The number of rotatable bonds is 5. The van der Waals surface area contributed by atoms with Crippen molar-refractivity contribution in [1.29, 1.82) is 0 Å². The molecular formula is C19H29FN4O2. The lowest BCUT2D eigenvalue weighted by atomic mass is 10.3. The van der Waals surface area contributed by atoms with Crippen LogP contribution in [0.2, 0.25) is 0 Å². The molecule has 2 saturated heterocycles. The third-order valence-corrected chi connectivity index (χ3v) is 5.12. The minimum Gasteiger partial charge on any atom is -0.494 e. The summed E-state index contributed by atoms with van der Waals surface area (Å²) in [7, 11) is 2.10. The van der Waals surface area contributed by atoms with Crippen LogP contribution in [0.1, 0.15) is 6.42 Å². The molecular weight excluding hydrogens is 335 g/mol. The fraction of sp³-hybridized carbons (Fsp3) is 0.632. The van der Waals surface area contributed by atoms with E-state index in [4.69, 9.17) is 4.74 Å². The Balaban J connectivity index is 1.31. The number of carbonyl (C=O) groups is 1. The van der Waals surface area contributed by atoms with Crippen LogP contribution in [0.5, 0.6) is 5.75 Å². The summed E-state index contributed by atoms with van der Waals surface area (Å²) in [6.07, 6.45) is 0.920. The molecule has 2 amide bonds. The lowest BCUT2D eigenvalue weighted by Crippen LogP contribution is -2.56. The zero-order valence-electron chi connectivity index (χ0n) is 15.6. The summed E-state index contributed by atoms with van der Waals surface area (Å²) in [6.45, 7) is 8.57. The van der Waals surface area contributed by atoms with Crippen molar-refractivity contribution in [1.82, 2.24) is 19.6 Å². The highest BCUT2D eigenvalue weighted by Gasteiger charge is 2.26. The molecule has 0 atom stereocenters. The quantitative estimate of drug-likeness (QED) is 0.744. The van der Waals surface area contributed by atoms with E-state index in [0.29, 0.717) is 12.4 Å². The number of urea groups is 1. The molecule has 1 aromatic carbocycles. The van der Waals surface area contributed by atoms with E-state index in [9.17, 15) is 9.18 Å². The molecule has 7 heteroatoms. The second-order valence-electron chi connectivity index (χ2n) is 7.06. The summed E-state index contributed by atoms with van der Waals surface area (Å²) in [5.41, 5.74) is 0. The van der Waals surface area contributed by atoms with Crippen LogP contribution in [-0.2, 0) is 0 Å². The molecule has 0 aliphatic carbocycles. The van der Waals surface area contributed by atoms with Crippen molar-refractivity contribution in [3.63, 3.8) is 0 Å². The Morgan fingerprint density at radius 3 is 2.15 bits per heavy atom. The summed E-state index contributed by atoms with van der Waals surface area (Å²) in [4.78, 5) is 21.2. The van der Waals surface area contributed by atoms with Crippen LogP contribution in [0, 0.1) is 5.82 Å². The number of carbonyl (C=O) groups excluding carboxylic acids is 1. The third-order valence-electron chi connectivity index (χ3n) is 5.12. The zero-order valence-corrected chi connectivity index (χ0v) is 15.6. The summed E-state index contributed by atoms with van der Waals surface area (Å²) in [6, 6.07) is 6.31. The Morgan fingerprint density at radius 2 is 1.54 bits per heavy atom. The summed E-state index contributed by atoms with van der Waals surface area (Å²) in [5, 5.41) is 0. The highest BCUT2D eigenvalue weighted by molar-refractivity contribution is 5.74. The average Bonchev–Trinajstić information content (AvgIpc) is 2.67. The summed E-state index contributed by atoms with van der Waals surface area (Å²) >= 11 is 0. The maximum absolute atomic E-state index is 12.8. The molecule has 1 aromatic rings. The molecule has 2 fully saturated rings. The van der Waals surface area contributed by atoms with Crippen molar-refractivity contribution >= 4 is 6.03 Å². The third kappa shape index (κ3) is 5.32. The molecule has 2 aliphatic rings. The van der Waals surface area contributed by atoms with Gasteiger partial charge in [-0.15, -0.1) is 0 Å². The first-order chi connectivity index (χ1) is 12.6. The van der Waals surface area contributed by atoms with Gasteiger partial charge in [0.1, 0.15) is 11.6 Å². The van der Waals surface area contributed by atoms with Crippen molar-refractivity contribution < 1.29 is 13.9 Å². The largest absolute Gasteiger partial charge is 0.494 e. The Bertz CT molecular complexity index is 567. The summed E-state index contributed by atoms with van der Waals surface area (Å²) in [5.74, 6) is 0.454. The van der Waals surface area contributed by atoms with Crippen LogP contribution >= 0.6 is 0 Å². The molecule has 2 aliphatic heterocycles. The Hall–Kier alpha value is -1.86. The van der Waals surface area contributed by atoms with Crippen LogP contribution in [0.25, 0.3) is 0 Å². The number of halogens is 1. The molecule has 0 N–H and O–H groups in total. The SMILES string of the molecule is CN1CCN(C(=O)N2CCN(CCCOc3ccc(F)cc3)CC2)CC1. The number of ether oxygens (including phenoxy) is 1. The number of piperazine rings is 2. The maximum Gasteiger partial charge on any atom is 0.320 e. The van der Waals surface area contributed by atoms with E-state index < -0.39 is 0 Å². The van der Waals surface area contributed by atoms with Crippen LogP contribution < -0.4 is 4.74 Å². The van der Waals surface area contributed by atoms with Gasteiger partial charge in [-0.25, -0.2) is 9.18 Å². The molecule has 2 heterocycles. The van der Waals surface area contributed by atoms with E-state index in [2.05, 4.69) is 16.8 Å². The van der Waals surface area contributed by atoms with Crippen LogP contribution in [0.15, 0.2) is 24.3 Å². The van der Waals surface area contributed by atoms with E-state index in [0.717, 1.165) is 65.3 Å². The van der Waals surface area contributed by atoms with E-state index in [1.807, 2.05) is 9.80 Å². The van der Waals surface area contributed by atoms with E-state index in [-0.39, 0.29) is 11.8 Å². The smallest absolute Gasteiger partial charge is 0.320 e. The van der Waals surface area contributed by atoms with E-state index in [1.165, 1.54) is 12.1 Å². The maximum atomic E-state index is 12.8. The highest BCUT2D eigenvalue weighted by Crippen LogP contribution is 2.12. The molecule has 0 aromatic heterocycles. The zero-order chi connectivity index (χ0) is 18.4. The molecule has 6 nitrogen and oxygen atoms in total. The Kier molecular flexibility index (Phi) is 6.68. The molecule has 0 unspecified atom stereocenters. The predicted molar refractivity (Wildman–Crippen MR) is 99.0 cm³/mol. The van der Waals surface area contributed by atoms with E-state index in [1.54, 1.807) is 12.1 Å². The second kappa shape index (κ2) is 9.19. The first-order valence-corrected chi connectivity index (χ1v) is 9.45. The van der Waals surface area contributed by atoms with Crippen molar-refractivity contribution in [3.8, 4) is 5.75 Å². The van der Waals surface area contributed by atoms with Crippen LogP contribution in [-0.4, -0.2) is 98.2 Å². The van der Waals surface area contributed by atoms with Crippen molar-refractivity contribution in [2.24, 2.45) is 0 Å². The molecule has 0 saturated carbocycles. The van der Waals surface area contributed by atoms with Gasteiger partial charge in [0.2, 0.25) is 0 Å². The lowest BCUT2D eigenvalue weighted by molar-refractivity contribution is 0.0939. The second-order valence-corrected chi connectivity index (χ2v) is 7.06. The van der Waals surface area contributed by atoms with Crippen molar-refractivity contribution in [2.75, 3.05) is 72.6 Å². The average molecular weight is 364 g/mol. The minimum atomic E-state index is -0.249. The van der Waals surface area contributed by atoms with Gasteiger partial charge in [0.15, 0.2) is 0 Å². The number of hydrogen-bond donors (Lipinski definition) is 0. The van der Waals surface area contributed by atoms with Crippen molar-refractivity contribution in [2.45, 2.75) is 6.42 Å². The minimum absolute atomic E-state index is 0.192. The fourth-order valence-electron chi connectivity index (χ4n) is 3.37. The topological polar surface area (TPSA) is 39.3 Å². The van der Waals surface area contributed by atoms with Gasteiger partial charge in [-0.2, -0.15) is 0 Å². The van der Waals surface area contributed by atoms with Crippen LogP contribution in [0.4, 0.5) is 9.18 Å². The number of hydrogen-bond acceptors (Lipinski definition) is 4. The number of benzene rings is 1. The molecule has 0 bridgehead atoms. The molecule has 144 valence electrons. The Morgan fingerprint density at radius 1 is 0.962 bits per heavy atom. The van der Waals surface area contributed by atoms with Gasteiger partial charge < -0.3 is 19.4 Å². The van der Waals surface area contributed by atoms with Crippen LogP contribution in [0.3, 0.4) is 0 Å². The number of likely N-dealkylation sites (N-methyl/N-ethyl adjacent to an activating group) is 1. The standard InChI is InChI=1S/C19H29FN4O2/c1-21-8-12-23(13-9-21)19(25)24-14-10-22(11-15-24)7-2-16-26-18-5-3-17(20)4-6-18/h3-6H,2,7-16H2,1H3. The van der Waals surface area contributed by atoms with Gasteiger partial charge in [-0.3, -0.25) is 4.90 Å². The van der Waals surface area contributed by atoms with E-state index >= 15 is 0 Å². The van der Waals surface area contributed by atoms with Crippen molar-refractivity contribution in [3.05, 3.63) is 30.1 Å². The van der Waals surface area contributed by atoms with Gasteiger partial charge in [0.05, 0.1) is 6.61 Å². The normalized spacial score (nSPS) is 19.6. The van der Waals surface area contributed by atoms with Gasteiger partial charge in [0, 0.05) is 58.9 Å². The Labute approximate surface area is 155 Å². The van der Waals surface area contributed by atoms with Gasteiger partial charge in [-0.1, -0.05) is 0 Å². The molecule has 0 spiro atoms. The number of amides is 2.